The molecule has 126 valence electrons. The molecule has 1 aliphatic rings. The van der Waals surface area contributed by atoms with Gasteiger partial charge in [-0.05, 0) is 38.0 Å². The molecular weight excluding hydrogens is 310 g/mol. The molecule has 1 aliphatic heterocycles. The third kappa shape index (κ3) is 3.37. The Morgan fingerprint density at radius 3 is 2.96 bits per heavy atom. The quantitative estimate of drug-likeness (QED) is 0.692. The van der Waals surface area contributed by atoms with Crippen LogP contribution in [0.25, 0.3) is 0 Å². The van der Waals surface area contributed by atoms with Crippen molar-refractivity contribution in [3.63, 3.8) is 0 Å². The molecule has 0 saturated carbocycles. The molecular formula is C16H19N5O3. The molecule has 8 heteroatoms. The number of hydrogen-bond donors (Lipinski definition) is 1. The molecule has 0 unspecified atom stereocenters. The number of aryl methyl sites for hydroxylation is 1. The first kappa shape index (κ1) is 16.0. The van der Waals surface area contributed by atoms with E-state index in [1.165, 1.54) is 6.07 Å². The van der Waals surface area contributed by atoms with E-state index in [0.29, 0.717) is 24.3 Å². The van der Waals surface area contributed by atoms with E-state index in [4.69, 9.17) is 0 Å². The van der Waals surface area contributed by atoms with Crippen LogP contribution in [-0.4, -0.2) is 38.7 Å². The molecule has 1 fully saturated rings. The number of hydrogen-bond acceptors (Lipinski definition) is 4. The molecule has 0 spiro atoms. The number of nitrogens with one attached hydrogen (secondary N) is 1. The van der Waals surface area contributed by atoms with Crippen molar-refractivity contribution in [2.45, 2.75) is 25.8 Å². The second kappa shape index (κ2) is 6.69. The van der Waals surface area contributed by atoms with Gasteiger partial charge in [0.15, 0.2) is 0 Å². The number of amides is 2. The van der Waals surface area contributed by atoms with E-state index in [1.807, 2.05) is 16.9 Å². The number of benzene rings is 1. The predicted molar refractivity (Wildman–Crippen MR) is 88.9 cm³/mol. The summed E-state index contributed by atoms with van der Waals surface area (Å²) < 4.78 is 1.88. The zero-order valence-corrected chi connectivity index (χ0v) is 13.4. The number of carbonyl (C=O) groups excluding carboxylic acids is 1. The summed E-state index contributed by atoms with van der Waals surface area (Å²) in [6.45, 7) is 2.94. The molecule has 0 aliphatic carbocycles. The lowest BCUT2D eigenvalue weighted by molar-refractivity contribution is -0.385. The fourth-order valence-corrected chi connectivity index (χ4v) is 2.99. The number of carbonyl (C=O) groups is 1. The molecule has 2 heterocycles. The van der Waals surface area contributed by atoms with Gasteiger partial charge in [-0.2, -0.15) is 5.10 Å². The number of aromatic nitrogens is 2. The smallest absolute Gasteiger partial charge is 0.321 e. The number of likely N-dealkylation sites (tertiary alicyclic amines) is 1. The third-order valence-electron chi connectivity index (χ3n) is 4.23. The molecule has 2 aromatic rings. The molecule has 24 heavy (non-hydrogen) atoms. The fourth-order valence-electron chi connectivity index (χ4n) is 2.99. The van der Waals surface area contributed by atoms with Crippen LogP contribution in [0.3, 0.4) is 0 Å². The molecule has 8 nitrogen and oxygen atoms in total. The average molecular weight is 329 g/mol. The van der Waals surface area contributed by atoms with Crippen molar-refractivity contribution in [2.24, 2.45) is 0 Å². The molecule has 0 radical (unpaired) electrons. The molecule has 3 rings (SSSR count). The van der Waals surface area contributed by atoms with Crippen molar-refractivity contribution in [3.05, 3.63) is 52.3 Å². The Labute approximate surface area is 139 Å². The zero-order chi connectivity index (χ0) is 17.1. The van der Waals surface area contributed by atoms with Gasteiger partial charge in [0.25, 0.3) is 5.69 Å². The highest BCUT2D eigenvalue weighted by Crippen LogP contribution is 2.24. The van der Waals surface area contributed by atoms with Gasteiger partial charge in [-0.3, -0.25) is 14.8 Å². The number of piperidine rings is 1. The maximum atomic E-state index is 12.5. The molecule has 1 N–H and O–H groups in total. The van der Waals surface area contributed by atoms with E-state index >= 15 is 0 Å². The Balaban J connectivity index is 1.66. The standard InChI is InChI=1S/C16H19N5O3/c1-12-10-13(5-6-15(12)21(23)24)18-16(22)19-8-2-4-14(11-19)20-9-3-7-17-20/h3,5-7,9-10,14H,2,4,8,11H2,1H3,(H,18,22)/t14-/m0/s1. The van der Waals surface area contributed by atoms with Crippen molar-refractivity contribution in [1.29, 1.82) is 0 Å². The van der Waals surface area contributed by atoms with E-state index in [2.05, 4.69) is 10.4 Å². The van der Waals surface area contributed by atoms with Crippen molar-refractivity contribution in [2.75, 3.05) is 18.4 Å². The monoisotopic (exact) mass is 329 g/mol. The summed E-state index contributed by atoms with van der Waals surface area (Å²) in [5.74, 6) is 0. The predicted octanol–water partition coefficient (Wildman–Crippen LogP) is 2.97. The van der Waals surface area contributed by atoms with Gasteiger partial charge in [0, 0.05) is 42.8 Å². The first-order valence-electron chi connectivity index (χ1n) is 7.84. The van der Waals surface area contributed by atoms with E-state index in [9.17, 15) is 14.9 Å². The average Bonchev–Trinajstić information content (AvgIpc) is 3.09. The number of nitro benzene ring substituents is 1. The van der Waals surface area contributed by atoms with Gasteiger partial charge in [0.05, 0.1) is 11.0 Å². The maximum absolute atomic E-state index is 12.5. The van der Waals surface area contributed by atoms with Crippen LogP contribution >= 0.6 is 0 Å². The van der Waals surface area contributed by atoms with Gasteiger partial charge in [-0.1, -0.05) is 0 Å². The van der Waals surface area contributed by atoms with Crippen molar-refractivity contribution >= 4 is 17.4 Å². The summed E-state index contributed by atoms with van der Waals surface area (Å²) >= 11 is 0. The number of urea groups is 1. The van der Waals surface area contributed by atoms with Crippen molar-refractivity contribution < 1.29 is 9.72 Å². The van der Waals surface area contributed by atoms with Crippen LogP contribution in [-0.2, 0) is 0 Å². The Bertz CT molecular complexity index is 744. The molecule has 1 saturated heterocycles. The van der Waals surface area contributed by atoms with E-state index < -0.39 is 4.92 Å². The normalized spacial score (nSPS) is 17.5. The number of rotatable bonds is 3. The highest BCUT2D eigenvalue weighted by molar-refractivity contribution is 5.89. The summed E-state index contributed by atoms with van der Waals surface area (Å²) in [6.07, 6.45) is 5.55. The van der Waals surface area contributed by atoms with E-state index in [1.54, 1.807) is 30.2 Å². The fraction of sp³-hybridized carbons (Fsp3) is 0.375. The Morgan fingerprint density at radius 2 is 2.29 bits per heavy atom. The van der Waals surface area contributed by atoms with Crippen molar-refractivity contribution in [3.8, 4) is 0 Å². The Kier molecular flexibility index (Phi) is 4.45. The minimum absolute atomic E-state index is 0.0460. The van der Waals surface area contributed by atoms with Gasteiger partial charge in [-0.25, -0.2) is 4.79 Å². The molecule has 2 amide bonds. The summed E-state index contributed by atoms with van der Waals surface area (Å²) in [4.78, 5) is 24.6. The first-order valence-corrected chi connectivity index (χ1v) is 7.84. The topological polar surface area (TPSA) is 93.3 Å². The molecule has 1 atom stereocenters. The number of nitro groups is 1. The Hall–Kier alpha value is -2.90. The minimum atomic E-state index is -0.430. The lowest BCUT2D eigenvalue weighted by atomic mass is 10.1. The minimum Gasteiger partial charge on any atom is -0.322 e. The largest absolute Gasteiger partial charge is 0.322 e. The van der Waals surface area contributed by atoms with Gasteiger partial charge < -0.3 is 10.2 Å². The molecule has 0 bridgehead atoms. The summed E-state index contributed by atoms with van der Waals surface area (Å²) in [5.41, 5.74) is 1.12. The van der Waals surface area contributed by atoms with Crippen LogP contribution in [0.15, 0.2) is 36.7 Å². The number of nitrogens with zero attached hydrogens (tertiary/aromatic N) is 4. The van der Waals surface area contributed by atoms with E-state index in [0.717, 1.165) is 12.8 Å². The van der Waals surface area contributed by atoms with E-state index in [-0.39, 0.29) is 17.8 Å². The number of anilines is 1. The first-order chi connectivity index (χ1) is 11.5. The second-order valence-electron chi connectivity index (χ2n) is 5.92. The SMILES string of the molecule is Cc1cc(NC(=O)N2CCC[C@H](n3cccn3)C2)ccc1[N+](=O)[O-]. The highest BCUT2D eigenvalue weighted by atomic mass is 16.6. The lowest BCUT2D eigenvalue weighted by Gasteiger charge is -2.32. The van der Waals surface area contributed by atoms with Gasteiger partial charge >= 0.3 is 6.03 Å². The van der Waals surface area contributed by atoms with Crippen LogP contribution in [0, 0.1) is 17.0 Å². The maximum Gasteiger partial charge on any atom is 0.321 e. The summed E-state index contributed by atoms with van der Waals surface area (Å²) in [5, 5.41) is 17.9. The Morgan fingerprint density at radius 1 is 1.46 bits per heavy atom. The van der Waals surface area contributed by atoms with Crippen LogP contribution in [0.1, 0.15) is 24.4 Å². The van der Waals surface area contributed by atoms with Crippen LogP contribution < -0.4 is 5.32 Å². The second-order valence-corrected chi connectivity index (χ2v) is 5.92. The van der Waals surface area contributed by atoms with Crippen LogP contribution in [0.2, 0.25) is 0 Å². The molecule has 1 aromatic carbocycles. The summed E-state index contributed by atoms with van der Waals surface area (Å²) in [7, 11) is 0. The third-order valence-corrected chi connectivity index (χ3v) is 4.23. The van der Waals surface area contributed by atoms with Crippen LogP contribution in [0.5, 0.6) is 0 Å². The molecule has 1 aromatic heterocycles. The van der Waals surface area contributed by atoms with Gasteiger partial charge in [0.1, 0.15) is 0 Å². The highest BCUT2D eigenvalue weighted by Gasteiger charge is 2.25. The van der Waals surface area contributed by atoms with Crippen molar-refractivity contribution in [1.82, 2.24) is 14.7 Å². The lowest BCUT2D eigenvalue weighted by Crippen LogP contribution is -2.43. The van der Waals surface area contributed by atoms with Gasteiger partial charge in [-0.15, -0.1) is 0 Å². The zero-order valence-electron chi connectivity index (χ0n) is 13.4. The van der Waals surface area contributed by atoms with Crippen LogP contribution in [0.4, 0.5) is 16.2 Å². The van der Waals surface area contributed by atoms with Gasteiger partial charge in [0.2, 0.25) is 0 Å². The summed E-state index contributed by atoms with van der Waals surface area (Å²) in [6, 6.07) is 6.44.